The van der Waals surface area contributed by atoms with Crippen molar-refractivity contribution in [2.24, 2.45) is 4.99 Å². The van der Waals surface area contributed by atoms with Crippen LogP contribution in [0.2, 0.25) is 0 Å². The van der Waals surface area contributed by atoms with Crippen LogP contribution in [0.5, 0.6) is 0 Å². The second-order valence-corrected chi connectivity index (χ2v) is 5.75. The van der Waals surface area contributed by atoms with Gasteiger partial charge >= 0.3 is 0 Å². The number of rotatable bonds is 6. The van der Waals surface area contributed by atoms with Gasteiger partial charge in [-0.05, 0) is 32.9 Å². The van der Waals surface area contributed by atoms with Crippen LogP contribution in [-0.2, 0) is 0 Å². The first-order valence-electron chi connectivity index (χ1n) is 6.89. The maximum atomic E-state index is 4.75. The summed E-state index contributed by atoms with van der Waals surface area (Å²) in [5.74, 6) is 1.21. The first-order chi connectivity index (χ1) is 8.19. The topological polar surface area (TPSA) is 27.6 Å². The van der Waals surface area contributed by atoms with Crippen LogP contribution in [0.4, 0.5) is 0 Å². The van der Waals surface area contributed by atoms with Crippen LogP contribution in [-0.4, -0.2) is 47.5 Å². The summed E-state index contributed by atoms with van der Waals surface area (Å²) in [6, 6.07) is 1.02. The summed E-state index contributed by atoms with van der Waals surface area (Å²) in [6.45, 7) is 12.3. The summed E-state index contributed by atoms with van der Waals surface area (Å²) in [4.78, 5) is 7.20. The van der Waals surface area contributed by atoms with Crippen LogP contribution in [0.15, 0.2) is 4.99 Å². The van der Waals surface area contributed by atoms with E-state index in [1.165, 1.54) is 12.2 Å². The van der Waals surface area contributed by atoms with Gasteiger partial charge in [0.2, 0.25) is 0 Å². The van der Waals surface area contributed by atoms with Gasteiger partial charge in [0.25, 0.3) is 0 Å². The molecular weight excluding hydrogens is 230 g/mol. The van der Waals surface area contributed by atoms with Crippen molar-refractivity contribution in [3.05, 3.63) is 0 Å². The van der Waals surface area contributed by atoms with E-state index in [9.17, 15) is 0 Å². The lowest BCUT2D eigenvalue weighted by Crippen LogP contribution is -2.42. The summed E-state index contributed by atoms with van der Waals surface area (Å²) < 4.78 is 0. The first kappa shape index (κ1) is 14.8. The number of aliphatic imine (C=N–C) groups is 1. The molecule has 0 aromatic rings. The molecule has 0 amide bonds. The third kappa shape index (κ3) is 5.30. The van der Waals surface area contributed by atoms with Crippen molar-refractivity contribution in [2.75, 3.05) is 25.4 Å². The number of hydrogen-bond acceptors (Lipinski definition) is 4. The zero-order chi connectivity index (χ0) is 12.7. The van der Waals surface area contributed by atoms with E-state index in [4.69, 9.17) is 4.99 Å². The van der Waals surface area contributed by atoms with Gasteiger partial charge in [-0.3, -0.25) is 4.99 Å². The molecule has 2 atom stereocenters. The standard InChI is InChI=1S/C13H27N3S/c1-5-12-8-9-17-13(15-12)14-11(4)10-16(6-2)7-3/h11-12H,5-10H2,1-4H3,(H,14,15). The summed E-state index contributed by atoms with van der Waals surface area (Å²) >= 11 is 1.87. The highest BCUT2D eigenvalue weighted by Crippen LogP contribution is 2.18. The third-order valence-electron chi connectivity index (χ3n) is 3.26. The summed E-state index contributed by atoms with van der Waals surface area (Å²) in [5.41, 5.74) is 0. The van der Waals surface area contributed by atoms with E-state index in [2.05, 4.69) is 37.9 Å². The Balaban J connectivity index is 2.39. The zero-order valence-electron chi connectivity index (χ0n) is 11.7. The van der Waals surface area contributed by atoms with Crippen LogP contribution < -0.4 is 5.32 Å². The van der Waals surface area contributed by atoms with Gasteiger partial charge in [-0.15, -0.1) is 0 Å². The average Bonchev–Trinajstić information content (AvgIpc) is 2.36. The highest BCUT2D eigenvalue weighted by molar-refractivity contribution is 8.13. The third-order valence-corrected chi connectivity index (χ3v) is 4.19. The van der Waals surface area contributed by atoms with E-state index in [1.807, 2.05) is 11.8 Å². The summed E-state index contributed by atoms with van der Waals surface area (Å²) in [6.07, 6.45) is 2.40. The Bertz CT molecular complexity index is 239. The molecular formula is C13H27N3S. The molecule has 1 aliphatic rings. The quantitative estimate of drug-likeness (QED) is 0.792. The van der Waals surface area contributed by atoms with E-state index in [1.54, 1.807) is 0 Å². The Hall–Kier alpha value is -0.220. The van der Waals surface area contributed by atoms with Crippen molar-refractivity contribution < 1.29 is 0 Å². The molecule has 0 aromatic carbocycles. The lowest BCUT2D eigenvalue weighted by molar-refractivity contribution is 0.282. The fraction of sp³-hybridized carbons (Fsp3) is 0.923. The van der Waals surface area contributed by atoms with Gasteiger partial charge in [0.15, 0.2) is 5.17 Å². The molecule has 0 radical (unpaired) electrons. The second kappa shape index (κ2) is 7.98. The predicted octanol–water partition coefficient (Wildman–Crippen LogP) is 2.58. The maximum Gasteiger partial charge on any atom is 0.157 e. The lowest BCUT2D eigenvalue weighted by atomic mass is 10.2. The SMILES string of the molecule is CCC1CCSC(NC(C)CN(CC)CC)=N1. The molecule has 2 unspecified atom stereocenters. The number of hydrogen-bond donors (Lipinski definition) is 1. The Morgan fingerprint density at radius 3 is 2.71 bits per heavy atom. The molecule has 0 fully saturated rings. The normalized spacial score (nSPS) is 22.4. The Kier molecular flexibility index (Phi) is 6.97. The average molecular weight is 257 g/mol. The monoisotopic (exact) mass is 257 g/mol. The molecule has 0 saturated carbocycles. The molecule has 0 aliphatic carbocycles. The van der Waals surface area contributed by atoms with Crippen LogP contribution in [0, 0.1) is 0 Å². The molecule has 17 heavy (non-hydrogen) atoms. The molecule has 1 rings (SSSR count). The smallest absolute Gasteiger partial charge is 0.157 e. The zero-order valence-corrected chi connectivity index (χ0v) is 12.5. The minimum atomic E-state index is 0.483. The minimum absolute atomic E-state index is 0.483. The van der Waals surface area contributed by atoms with E-state index >= 15 is 0 Å². The Labute approximate surface area is 110 Å². The molecule has 1 aliphatic heterocycles. The largest absolute Gasteiger partial charge is 0.361 e. The molecule has 4 heteroatoms. The molecule has 0 aromatic heterocycles. The van der Waals surface area contributed by atoms with Crippen molar-refractivity contribution in [1.29, 1.82) is 0 Å². The van der Waals surface area contributed by atoms with Crippen LogP contribution in [0.1, 0.15) is 40.5 Å². The van der Waals surface area contributed by atoms with Gasteiger partial charge < -0.3 is 10.2 Å². The number of nitrogens with one attached hydrogen (secondary N) is 1. The molecule has 3 nitrogen and oxygen atoms in total. The van der Waals surface area contributed by atoms with Gasteiger partial charge in [0.05, 0.1) is 6.04 Å². The Morgan fingerprint density at radius 1 is 1.41 bits per heavy atom. The predicted molar refractivity (Wildman–Crippen MR) is 79.0 cm³/mol. The van der Waals surface area contributed by atoms with Gasteiger partial charge in [-0.1, -0.05) is 32.5 Å². The molecule has 0 bridgehead atoms. The molecule has 1 N–H and O–H groups in total. The van der Waals surface area contributed by atoms with E-state index < -0.39 is 0 Å². The number of likely N-dealkylation sites (N-methyl/N-ethyl adjacent to an activating group) is 1. The van der Waals surface area contributed by atoms with Crippen molar-refractivity contribution in [3.63, 3.8) is 0 Å². The minimum Gasteiger partial charge on any atom is -0.361 e. The fourth-order valence-corrected chi connectivity index (χ4v) is 3.15. The first-order valence-corrected chi connectivity index (χ1v) is 7.87. The van der Waals surface area contributed by atoms with Gasteiger partial charge in [0.1, 0.15) is 0 Å². The van der Waals surface area contributed by atoms with Crippen molar-refractivity contribution in [2.45, 2.75) is 52.6 Å². The molecule has 0 saturated heterocycles. The number of amidine groups is 1. The summed E-state index contributed by atoms with van der Waals surface area (Å²) in [7, 11) is 0. The summed E-state index contributed by atoms with van der Waals surface area (Å²) in [5, 5.41) is 4.71. The highest BCUT2D eigenvalue weighted by atomic mass is 32.2. The van der Waals surface area contributed by atoms with Gasteiger partial charge in [0, 0.05) is 18.3 Å². The molecule has 100 valence electrons. The molecule has 1 heterocycles. The van der Waals surface area contributed by atoms with Crippen LogP contribution in [0.3, 0.4) is 0 Å². The van der Waals surface area contributed by atoms with E-state index in [0.29, 0.717) is 12.1 Å². The highest BCUT2D eigenvalue weighted by Gasteiger charge is 2.16. The van der Waals surface area contributed by atoms with E-state index in [-0.39, 0.29) is 0 Å². The molecule has 0 spiro atoms. The van der Waals surface area contributed by atoms with Crippen LogP contribution >= 0.6 is 11.8 Å². The van der Waals surface area contributed by atoms with Crippen molar-refractivity contribution >= 4 is 16.9 Å². The fourth-order valence-electron chi connectivity index (χ4n) is 2.06. The maximum absolute atomic E-state index is 4.75. The van der Waals surface area contributed by atoms with Gasteiger partial charge in [-0.2, -0.15) is 0 Å². The van der Waals surface area contributed by atoms with Gasteiger partial charge in [-0.25, -0.2) is 0 Å². The van der Waals surface area contributed by atoms with Crippen LogP contribution in [0.25, 0.3) is 0 Å². The Morgan fingerprint density at radius 2 is 2.12 bits per heavy atom. The number of thioether (sulfide) groups is 1. The van der Waals surface area contributed by atoms with Crippen molar-refractivity contribution in [3.8, 4) is 0 Å². The lowest BCUT2D eigenvalue weighted by Gasteiger charge is -2.26. The van der Waals surface area contributed by atoms with E-state index in [0.717, 1.165) is 31.2 Å². The number of nitrogens with zero attached hydrogens (tertiary/aromatic N) is 2. The second-order valence-electron chi connectivity index (χ2n) is 4.66. The van der Waals surface area contributed by atoms with Crippen molar-refractivity contribution in [1.82, 2.24) is 10.2 Å².